The van der Waals surface area contributed by atoms with Gasteiger partial charge >= 0.3 is 0 Å². The van der Waals surface area contributed by atoms with Gasteiger partial charge in [0.05, 0.1) is 8.07 Å². The minimum absolute atomic E-state index is 0.244. The standard InChI is InChI=1S/C17H26OSi/c1-14(2)12-13-17(3,19(4,5)6)16(18)15-10-8-7-9-11-15/h7-12H,13H2,1-6H3. The molecular formula is C17H26OSi. The third kappa shape index (κ3) is 3.66. The molecule has 0 amide bonds. The maximum absolute atomic E-state index is 12.9. The van der Waals surface area contributed by atoms with Gasteiger partial charge in [-0.15, -0.1) is 0 Å². The van der Waals surface area contributed by atoms with Gasteiger partial charge in [-0.2, -0.15) is 0 Å². The largest absolute Gasteiger partial charge is 0.294 e. The van der Waals surface area contributed by atoms with Gasteiger partial charge in [-0.1, -0.05) is 68.5 Å². The number of ketones is 1. The van der Waals surface area contributed by atoms with E-state index in [1.54, 1.807) is 0 Å². The lowest BCUT2D eigenvalue weighted by Gasteiger charge is -2.38. The van der Waals surface area contributed by atoms with E-state index in [9.17, 15) is 4.79 Å². The highest BCUT2D eigenvalue weighted by Gasteiger charge is 2.44. The predicted molar refractivity (Wildman–Crippen MR) is 86.5 cm³/mol. The Morgan fingerprint density at radius 3 is 2.11 bits per heavy atom. The Bertz CT molecular complexity index is 464. The number of hydrogen-bond donors (Lipinski definition) is 0. The summed E-state index contributed by atoms with van der Waals surface area (Å²) in [6, 6.07) is 9.71. The highest BCUT2D eigenvalue weighted by Crippen LogP contribution is 2.44. The molecular weight excluding hydrogens is 248 g/mol. The van der Waals surface area contributed by atoms with Crippen molar-refractivity contribution in [2.75, 3.05) is 0 Å². The van der Waals surface area contributed by atoms with Crippen LogP contribution < -0.4 is 0 Å². The quantitative estimate of drug-likeness (QED) is 0.403. The van der Waals surface area contributed by atoms with Crippen molar-refractivity contribution in [1.29, 1.82) is 0 Å². The fourth-order valence-corrected chi connectivity index (χ4v) is 3.60. The minimum atomic E-state index is -1.62. The molecule has 1 aromatic carbocycles. The van der Waals surface area contributed by atoms with Crippen molar-refractivity contribution >= 4 is 13.9 Å². The van der Waals surface area contributed by atoms with E-state index in [1.807, 2.05) is 30.3 Å². The Morgan fingerprint density at radius 1 is 1.16 bits per heavy atom. The zero-order valence-corrected chi connectivity index (χ0v) is 14.1. The van der Waals surface area contributed by atoms with Crippen molar-refractivity contribution in [2.24, 2.45) is 0 Å². The van der Waals surface area contributed by atoms with Crippen LogP contribution in [0.3, 0.4) is 0 Å². The first kappa shape index (κ1) is 15.9. The highest BCUT2D eigenvalue weighted by atomic mass is 28.3. The number of hydrogen-bond acceptors (Lipinski definition) is 1. The molecule has 104 valence electrons. The number of benzene rings is 1. The summed E-state index contributed by atoms with van der Waals surface area (Å²) in [7, 11) is -1.62. The molecule has 0 spiro atoms. The van der Waals surface area contributed by atoms with E-state index in [-0.39, 0.29) is 5.04 Å². The lowest BCUT2D eigenvalue weighted by molar-refractivity contribution is 0.0936. The van der Waals surface area contributed by atoms with E-state index >= 15 is 0 Å². The van der Waals surface area contributed by atoms with Crippen molar-refractivity contribution in [3.8, 4) is 0 Å². The zero-order valence-electron chi connectivity index (χ0n) is 13.1. The number of rotatable bonds is 5. The zero-order chi connectivity index (χ0) is 14.7. The smallest absolute Gasteiger partial charge is 0.166 e. The summed E-state index contributed by atoms with van der Waals surface area (Å²) in [5.74, 6) is 0.296. The summed E-state index contributed by atoms with van der Waals surface area (Å²) in [6.07, 6.45) is 3.05. The molecule has 0 N–H and O–H groups in total. The van der Waals surface area contributed by atoms with Crippen LogP contribution in [0.15, 0.2) is 42.0 Å². The second-order valence-corrected chi connectivity index (χ2v) is 12.4. The van der Waals surface area contributed by atoms with Crippen LogP contribution in [0.4, 0.5) is 0 Å². The Morgan fingerprint density at radius 2 is 1.68 bits per heavy atom. The van der Waals surface area contributed by atoms with Gasteiger partial charge in [0, 0.05) is 10.6 Å². The highest BCUT2D eigenvalue weighted by molar-refractivity contribution is 6.82. The van der Waals surface area contributed by atoms with Crippen molar-refractivity contribution in [2.45, 2.75) is 51.9 Å². The average Bonchev–Trinajstić information content (AvgIpc) is 2.34. The van der Waals surface area contributed by atoms with Crippen LogP contribution in [0.5, 0.6) is 0 Å². The number of allylic oxidation sites excluding steroid dienone is 2. The summed E-state index contributed by atoms with van der Waals surface area (Å²) in [6.45, 7) is 13.2. The van der Waals surface area contributed by atoms with Gasteiger partial charge in [0.15, 0.2) is 5.78 Å². The topological polar surface area (TPSA) is 17.1 Å². The molecule has 19 heavy (non-hydrogen) atoms. The summed E-state index contributed by atoms with van der Waals surface area (Å²) in [5, 5.41) is -0.244. The summed E-state index contributed by atoms with van der Waals surface area (Å²) >= 11 is 0. The summed E-state index contributed by atoms with van der Waals surface area (Å²) in [4.78, 5) is 12.9. The molecule has 0 fully saturated rings. The maximum Gasteiger partial charge on any atom is 0.166 e. The molecule has 1 unspecified atom stereocenters. The van der Waals surface area contributed by atoms with E-state index in [0.29, 0.717) is 5.78 Å². The lowest BCUT2D eigenvalue weighted by Crippen LogP contribution is -2.43. The van der Waals surface area contributed by atoms with Crippen molar-refractivity contribution in [3.05, 3.63) is 47.5 Å². The fourth-order valence-electron chi connectivity index (χ4n) is 2.06. The van der Waals surface area contributed by atoms with Crippen LogP contribution >= 0.6 is 0 Å². The van der Waals surface area contributed by atoms with Crippen LogP contribution in [0.25, 0.3) is 0 Å². The van der Waals surface area contributed by atoms with E-state index in [4.69, 9.17) is 0 Å². The van der Waals surface area contributed by atoms with Crippen molar-refractivity contribution < 1.29 is 4.79 Å². The second kappa shape index (κ2) is 5.87. The third-order valence-corrected chi connectivity index (χ3v) is 7.85. The molecule has 0 saturated carbocycles. The summed E-state index contributed by atoms with van der Waals surface area (Å²) in [5.41, 5.74) is 2.12. The van der Waals surface area contributed by atoms with E-state index < -0.39 is 8.07 Å². The van der Waals surface area contributed by atoms with Gasteiger partial charge < -0.3 is 0 Å². The third-order valence-electron chi connectivity index (χ3n) is 4.11. The first-order valence-corrected chi connectivity index (χ1v) is 10.4. The molecule has 2 heteroatoms. The Balaban J connectivity index is 3.18. The Hall–Kier alpha value is -1.15. The molecule has 0 aliphatic carbocycles. The second-order valence-electron chi connectivity index (χ2n) is 6.76. The molecule has 0 aliphatic rings. The predicted octanol–water partition coefficient (Wildman–Crippen LogP) is 5.32. The lowest BCUT2D eigenvalue weighted by atomic mass is 9.94. The Labute approximate surface area is 118 Å². The minimum Gasteiger partial charge on any atom is -0.294 e. The first-order chi connectivity index (χ1) is 8.68. The number of carbonyl (C=O) groups is 1. The van der Waals surface area contributed by atoms with Crippen molar-refractivity contribution in [1.82, 2.24) is 0 Å². The fraction of sp³-hybridized carbons (Fsp3) is 0.471. The van der Waals surface area contributed by atoms with Crippen LogP contribution in [0.1, 0.15) is 37.6 Å². The van der Waals surface area contributed by atoms with Gasteiger partial charge in [-0.05, 0) is 20.3 Å². The molecule has 1 nitrogen and oxygen atoms in total. The number of Topliss-reactive ketones (excluding diaryl/α,β-unsaturated/α-hetero) is 1. The molecule has 0 aromatic heterocycles. The van der Waals surface area contributed by atoms with Gasteiger partial charge in [-0.25, -0.2) is 0 Å². The van der Waals surface area contributed by atoms with Gasteiger partial charge in [0.2, 0.25) is 0 Å². The number of carbonyl (C=O) groups excluding carboxylic acids is 1. The SMILES string of the molecule is CC(C)=CCC(C)(C(=O)c1ccccc1)[Si](C)(C)C. The average molecular weight is 274 g/mol. The van der Waals surface area contributed by atoms with E-state index in [1.165, 1.54) is 5.57 Å². The monoisotopic (exact) mass is 274 g/mol. The molecule has 0 radical (unpaired) electrons. The molecule has 0 aliphatic heterocycles. The van der Waals surface area contributed by atoms with Crippen molar-refractivity contribution in [3.63, 3.8) is 0 Å². The molecule has 0 bridgehead atoms. The first-order valence-electron chi connectivity index (χ1n) is 6.92. The van der Waals surface area contributed by atoms with Gasteiger partial charge in [0.1, 0.15) is 0 Å². The normalized spacial score (nSPS) is 14.6. The summed E-state index contributed by atoms with van der Waals surface area (Å²) < 4.78 is 0. The van der Waals surface area contributed by atoms with Crippen LogP contribution in [0, 0.1) is 0 Å². The van der Waals surface area contributed by atoms with E-state index in [0.717, 1.165) is 12.0 Å². The molecule has 1 aromatic rings. The Kier molecular flexibility index (Phi) is 4.91. The van der Waals surface area contributed by atoms with Gasteiger partial charge in [-0.3, -0.25) is 4.79 Å². The molecule has 1 rings (SSSR count). The maximum atomic E-state index is 12.9. The van der Waals surface area contributed by atoms with Crippen LogP contribution in [0.2, 0.25) is 24.7 Å². The van der Waals surface area contributed by atoms with Crippen LogP contribution in [-0.2, 0) is 0 Å². The molecule has 0 saturated heterocycles. The molecule has 0 heterocycles. The molecule has 1 atom stereocenters. The van der Waals surface area contributed by atoms with Gasteiger partial charge in [0.25, 0.3) is 0 Å². The van der Waals surface area contributed by atoms with Crippen LogP contribution in [-0.4, -0.2) is 13.9 Å². The van der Waals surface area contributed by atoms with E-state index in [2.05, 4.69) is 46.5 Å².